The number of rotatable bonds is 17. The van der Waals surface area contributed by atoms with Gasteiger partial charge in [-0.05, 0) is 62.0 Å². The molecule has 11 heteroatoms. The van der Waals surface area contributed by atoms with E-state index in [0.29, 0.717) is 55.2 Å². The molecule has 2 amide bonds. The molecule has 2 heterocycles. The normalized spacial score (nSPS) is 17.7. The largest absolute Gasteiger partial charge is 0.374 e. The fourth-order valence-electron chi connectivity index (χ4n) is 7.24. The Hall–Kier alpha value is -4.84. The molecular weight excluding hydrogens is 620 g/mol. The quantitative estimate of drug-likeness (QED) is 0.0810. The van der Waals surface area contributed by atoms with E-state index in [1.807, 2.05) is 6.92 Å². The van der Waals surface area contributed by atoms with Gasteiger partial charge in [0, 0.05) is 36.3 Å². The van der Waals surface area contributed by atoms with Crippen molar-refractivity contribution in [2.45, 2.75) is 43.9 Å². The van der Waals surface area contributed by atoms with Gasteiger partial charge in [-0.15, -0.1) is 0 Å². The molecule has 3 aromatic rings. The van der Waals surface area contributed by atoms with Crippen molar-refractivity contribution < 1.29 is 19.2 Å². The number of likely N-dealkylation sites (tertiary alicyclic amines) is 1. The zero-order chi connectivity index (χ0) is 34.6. The summed E-state index contributed by atoms with van der Waals surface area (Å²) in [6.07, 6.45) is 4.74. The molecular formula is C38H46N6O5. The summed E-state index contributed by atoms with van der Waals surface area (Å²) >= 11 is 0. The van der Waals surface area contributed by atoms with Gasteiger partial charge >= 0.3 is 0 Å². The van der Waals surface area contributed by atoms with Crippen LogP contribution in [-0.2, 0) is 19.7 Å². The molecule has 0 spiro atoms. The third-order valence-corrected chi connectivity index (χ3v) is 9.68. The number of nitrogens with zero attached hydrogens (tertiary/aromatic N) is 3. The van der Waals surface area contributed by atoms with Crippen molar-refractivity contribution in [2.24, 2.45) is 5.73 Å². The topological polar surface area (TPSA) is 143 Å². The van der Waals surface area contributed by atoms with E-state index in [-0.39, 0.29) is 17.7 Å². The summed E-state index contributed by atoms with van der Waals surface area (Å²) < 4.78 is 5.75. The molecule has 4 N–H and O–H groups in total. The number of nitrogens with one attached hydrogen (secondary N) is 2. The van der Waals surface area contributed by atoms with Gasteiger partial charge < -0.3 is 30.9 Å². The molecule has 1 saturated heterocycles. The fraction of sp³-hybridized carbons (Fsp3) is 0.368. The summed E-state index contributed by atoms with van der Waals surface area (Å²) in [5.74, 6) is -0.573. The van der Waals surface area contributed by atoms with E-state index in [0.717, 1.165) is 51.0 Å². The summed E-state index contributed by atoms with van der Waals surface area (Å²) in [4.78, 5) is 39.9. The first-order valence-electron chi connectivity index (χ1n) is 17.0. The smallest absolute Gasteiger partial charge is 0.269 e. The van der Waals surface area contributed by atoms with E-state index < -0.39 is 10.8 Å². The number of dihydropyridines is 1. The number of ether oxygens (including phenoxy) is 1. The second kappa shape index (κ2) is 17.0. The van der Waals surface area contributed by atoms with Crippen molar-refractivity contribution in [3.05, 3.63) is 135 Å². The Balaban J connectivity index is 1.36. The summed E-state index contributed by atoms with van der Waals surface area (Å²) in [6.45, 7) is 5.97. The van der Waals surface area contributed by atoms with E-state index >= 15 is 0 Å². The number of carbonyl (C=O) groups excluding carboxylic acids is 2. The Bertz CT molecular complexity index is 1580. The molecule has 2 aliphatic heterocycles. The maximum Gasteiger partial charge on any atom is 0.269 e. The van der Waals surface area contributed by atoms with Gasteiger partial charge in [0.2, 0.25) is 12.8 Å². The highest BCUT2D eigenvalue weighted by atomic mass is 16.6. The molecule has 0 saturated carbocycles. The highest BCUT2D eigenvalue weighted by Crippen LogP contribution is 2.42. The van der Waals surface area contributed by atoms with E-state index in [1.165, 1.54) is 23.3 Å². The van der Waals surface area contributed by atoms with Gasteiger partial charge in [0.25, 0.3) is 5.69 Å². The fourth-order valence-corrected chi connectivity index (χ4v) is 7.24. The molecule has 1 fully saturated rings. The first kappa shape index (κ1) is 35.5. The van der Waals surface area contributed by atoms with Crippen molar-refractivity contribution >= 4 is 18.5 Å². The average Bonchev–Trinajstić information content (AvgIpc) is 3.15. The summed E-state index contributed by atoms with van der Waals surface area (Å²) in [5.41, 5.74) is 11.6. The molecule has 0 radical (unpaired) electrons. The number of nitro benzene ring substituents is 1. The molecule has 5 rings (SSSR count). The lowest BCUT2D eigenvalue weighted by molar-refractivity contribution is -0.384. The predicted molar refractivity (Wildman–Crippen MR) is 189 cm³/mol. The van der Waals surface area contributed by atoms with Crippen LogP contribution in [0.4, 0.5) is 5.69 Å². The van der Waals surface area contributed by atoms with Gasteiger partial charge in [-0.3, -0.25) is 19.7 Å². The maximum absolute atomic E-state index is 12.8. The van der Waals surface area contributed by atoms with Crippen molar-refractivity contribution in [3.8, 4) is 0 Å². The minimum absolute atomic E-state index is 0.0413. The third kappa shape index (κ3) is 8.07. The van der Waals surface area contributed by atoms with Crippen LogP contribution in [0.25, 0.3) is 0 Å². The zero-order valence-electron chi connectivity index (χ0n) is 28.1. The average molecular weight is 667 g/mol. The van der Waals surface area contributed by atoms with Crippen LogP contribution in [0.5, 0.6) is 0 Å². The van der Waals surface area contributed by atoms with E-state index in [1.54, 1.807) is 17.0 Å². The number of hydrogen-bond donors (Lipinski definition) is 3. The van der Waals surface area contributed by atoms with Crippen LogP contribution in [-0.4, -0.2) is 73.5 Å². The Morgan fingerprint density at radius 3 is 2.16 bits per heavy atom. The van der Waals surface area contributed by atoms with Crippen LogP contribution in [0.2, 0.25) is 0 Å². The number of amides is 2. The first-order chi connectivity index (χ1) is 23.9. The highest BCUT2D eigenvalue weighted by Gasteiger charge is 2.38. The number of hydrogen-bond acceptors (Lipinski definition) is 8. The minimum atomic E-state index is -0.573. The monoisotopic (exact) mass is 666 g/mol. The van der Waals surface area contributed by atoms with Crippen molar-refractivity contribution in [3.63, 3.8) is 0 Å². The number of allylic oxidation sites excluding steroid dienone is 1. The van der Waals surface area contributed by atoms with E-state index in [9.17, 15) is 19.7 Å². The minimum Gasteiger partial charge on any atom is -0.374 e. The number of piperidine rings is 1. The van der Waals surface area contributed by atoms with E-state index in [4.69, 9.17) is 10.5 Å². The molecule has 1 unspecified atom stereocenters. The molecule has 2 aliphatic rings. The molecule has 11 nitrogen and oxygen atoms in total. The van der Waals surface area contributed by atoms with Gasteiger partial charge in [-0.25, -0.2) is 0 Å². The van der Waals surface area contributed by atoms with Crippen LogP contribution in [0.15, 0.2) is 108 Å². The molecule has 1 atom stereocenters. The van der Waals surface area contributed by atoms with Gasteiger partial charge in [0.1, 0.15) is 0 Å². The maximum atomic E-state index is 12.8. The van der Waals surface area contributed by atoms with Crippen LogP contribution in [0, 0.1) is 10.1 Å². The molecule has 0 bridgehead atoms. The van der Waals surface area contributed by atoms with Gasteiger partial charge in [0.05, 0.1) is 41.1 Å². The van der Waals surface area contributed by atoms with Crippen LogP contribution in [0.3, 0.4) is 0 Å². The van der Waals surface area contributed by atoms with Crippen molar-refractivity contribution in [2.75, 3.05) is 45.9 Å². The Morgan fingerprint density at radius 1 is 1.00 bits per heavy atom. The predicted octanol–water partition coefficient (Wildman–Crippen LogP) is 4.77. The highest BCUT2D eigenvalue weighted by molar-refractivity contribution is 5.60. The van der Waals surface area contributed by atoms with Crippen LogP contribution >= 0.6 is 0 Å². The van der Waals surface area contributed by atoms with Gasteiger partial charge in [-0.2, -0.15) is 0 Å². The molecule has 3 aromatic carbocycles. The van der Waals surface area contributed by atoms with Gasteiger partial charge in [-0.1, -0.05) is 79.7 Å². The zero-order valence-corrected chi connectivity index (χ0v) is 28.1. The van der Waals surface area contributed by atoms with Crippen LogP contribution < -0.4 is 16.4 Å². The lowest BCUT2D eigenvalue weighted by Gasteiger charge is -2.43. The standard InChI is InChI=1S/C38H46N6O5/c1-2-33-37(35(29-14-16-32(17-15-29)44(47)48)36(40-27-45)34(41-33)26-49-25-20-39)43(28-46)22-9-21-42-23-18-38(19-24-42,30-10-5-3-6-11-30)31-12-7-4-8-13-31/h3-8,10-17,27-28,35,41H,2,9,18-26,39H2,1H3,(H,40,45). The summed E-state index contributed by atoms with van der Waals surface area (Å²) in [7, 11) is 0. The van der Waals surface area contributed by atoms with Gasteiger partial charge in [0.15, 0.2) is 0 Å². The lowest BCUT2D eigenvalue weighted by Crippen LogP contribution is -2.44. The Morgan fingerprint density at radius 2 is 1.63 bits per heavy atom. The Kier molecular flexibility index (Phi) is 12.3. The number of benzene rings is 3. The van der Waals surface area contributed by atoms with Crippen molar-refractivity contribution in [1.29, 1.82) is 0 Å². The van der Waals surface area contributed by atoms with Crippen molar-refractivity contribution in [1.82, 2.24) is 20.4 Å². The number of nitrogens with two attached hydrogens (primary N) is 1. The summed E-state index contributed by atoms with van der Waals surface area (Å²) in [5, 5.41) is 17.7. The molecule has 49 heavy (non-hydrogen) atoms. The second-order valence-corrected chi connectivity index (χ2v) is 12.4. The van der Waals surface area contributed by atoms with Crippen LogP contribution in [0.1, 0.15) is 55.2 Å². The SMILES string of the molecule is CCC1=C(N(C=O)CCCN2CCC(c3ccccc3)(c3ccccc3)CC2)C(c2ccc([N+](=O)[O-])cc2)C(NC=O)=C(COCCN)N1. The first-order valence-corrected chi connectivity index (χ1v) is 17.0. The Labute approximate surface area is 288 Å². The summed E-state index contributed by atoms with van der Waals surface area (Å²) in [6, 6.07) is 27.8. The third-order valence-electron chi connectivity index (χ3n) is 9.68. The number of nitro groups is 1. The number of carbonyl (C=O) groups is 2. The second-order valence-electron chi connectivity index (χ2n) is 12.4. The van der Waals surface area contributed by atoms with E-state index in [2.05, 4.69) is 76.2 Å². The molecule has 258 valence electrons. The lowest BCUT2D eigenvalue weighted by atomic mass is 9.68. The number of non-ortho nitro benzene ring substituents is 1. The molecule has 0 aromatic heterocycles. The molecule has 0 aliphatic carbocycles.